The molecule has 0 radical (unpaired) electrons. The van der Waals surface area contributed by atoms with E-state index in [0.717, 1.165) is 55.1 Å². The fourth-order valence-electron chi connectivity index (χ4n) is 3.76. The average Bonchev–Trinajstić information content (AvgIpc) is 3.33. The summed E-state index contributed by atoms with van der Waals surface area (Å²) in [6.45, 7) is 7.30. The first kappa shape index (κ1) is 19.8. The van der Waals surface area contributed by atoms with Crippen LogP contribution < -0.4 is 0 Å². The maximum atomic E-state index is 13.0. The standard InChI is InChI=1S/C22H27N5OS/c1-4-16-5-6-17(23-10-16)12-27-8-7-19-20(14-29-21(19)13-27)22(28)26(3)11-18-9-15(2)24-25-18/h5-6,9-10,14H,4,7-8,11-13H2,1-3H3,(H,24,25). The minimum atomic E-state index is 0.0772. The first-order valence-corrected chi connectivity index (χ1v) is 10.9. The molecule has 0 saturated heterocycles. The number of thiophene rings is 1. The van der Waals surface area contributed by atoms with Crippen LogP contribution in [0.2, 0.25) is 0 Å². The molecule has 0 atom stereocenters. The molecule has 3 aromatic heterocycles. The summed E-state index contributed by atoms with van der Waals surface area (Å²) >= 11 is 1.70. The Bertz CT molecular complexity index is 991. The van der Waals surface area contributed by atoms with Gasteiger partial charge in [0.05, 0.1) is 23.5 Å². The van der Waals surface area contributed by atoms with Gasteiger partial charge in [0, 0.05) is 48.8 Å². The number of aromatic nitrogens is 3. The fourth-order valence-corrected chi connectivity index (χ4v) is 4.87. The predicted molar refractivity (Wildman–Crippen MR) is 115 cm³/mol. The second-order valence-electron chi connectivity index (χ2n) is 7.73. The molecule has 0 spiro atoms. The number of hydrogen-bond donors (Lipinski definition) is 1. The van der Waals surface area contributed by atoms with E-state index in [1.54, 1.807) is 16.2 Å². The quantitative estimate of drug-likeness (QED) is 0.676. The van der Waals surface area contributed by atoms with Crippen LogP contribution in [-0.2, 0) is 32.5 Å². The topological polar surface area (TPSA) is 65.1 Å². The number of aryl methyl sites for hydroxylation is 2. The molecule has 152 valence electrons. The zero-order valence-corrected chi connectivity index (χ0v) is 18.1. The summed E-state index contributed by atoms with van der Waals surface area (Å²) in [4.78, 5) is 23.1. The summed E-state index contributed by atoms with van der Waals surface area (Å²) in [6, 6.07) is 6.27. The van der Waals surface area contributed by atoms with Crippen molar-refractivity contribution in [1.29, 1.82) is 0 Å². The lowest BCUT2D eigenvalue weighted by atomic mass is 10.0. The van der Waals surface area contributed by atoms with E-state index in [1.807, 2.05) is 31.6 Å². The largest absolute Gasteiger partial charge is 0.336 e. The Morgan fingerprint density at radius 1 is 1.34 bits per heavy atom. The van der Waals surface area contributed by atoms with Crippen molar-refractivity contribution in [3.8, 4) is 0 Å². The molecule has 1 amide bonds. The number of nitrogens with one attached hydrogen (secondary N) is 1. The molecule has 1 aliphatic rings. The Morgan fingerprint density at radius 3 is 2.90 bits per heavy atom. The van der Waals surface area contributed by atoms with Crippen LogP contribution in [0.5, 0.6) is 0 Å². The molecular formula is C22H27N5OS. The molecule has 0 aromatic carbocycles. The molecular weight excluding hydrogens is 382 g/mol. The summed E-state index contributed by atoms with van der Waals surface area (Å²) in [6.07, 6.45) is 3.90. The molecule has 1 N–H and O–H groups in total. The normalized spacial score (nSPS) is 14.0. The minimum absolute atomic E-state index is 0.0772. The number of carbonyl (C=O) groups is 1. The van der Waals surface area contributed by atoms with Crippen molar-refractivity contribution in [2.24, 2.45) is 0 Å². The number of carbonyl (C=O) groups excluding carboxylic acids is 1. The molecule has 0 unspecified atom stereocenters. The first-order valence-electron chi connectivity index (χ1n) is 10.0. The molecule has 29 heavy (non-hydrogen) atoms. The van der Waals surface area contributed by atoms with Crippen LogP contribution in [0.25, 0.3) is 0 Å². The lowest BCUT2D eigenvalue weighted by Gasteiger charge is -2.27. The van der Waals surface area contributed by atoms with Crippen LogP contribution in [0.15, 0.2) is 29.8 Å². The second kappa shape index (κ2) is 8.47. The van der Waals surface area contributed by atoms with E-state index >= 15 is 0 Å². The zero-order chi connectivity index (χ0) is 20.4. The van der Waals surface area contributed by atoms with E-state index in [9.17, 15) is 4.79 Å². The third-order valence-corrected chi connectivity index (χ3v) is 6.45. The van der Waals surface area contributed by atoms with Crippen LogP contribution in [0.1, 0.15) is 50.4 Å². The van der Waals surface area contributed by atoms with Gasteiger partial charge in [-0.2, -0.15) is 5.10 Å². The molecule has 3 aromatic rings. The number of hydrogen-bond acceptors (Lipinski definition) is 5. The van der Waals surface area contributed by atoms with E-state index in [2.05, 4.69) is 39.1 Å². The zero-order valence-electron chi connectivity index (χ0n) is 17.2. The van der Waals surface area contributed by atoms with Crippen molar-refractivity contribution in [2.45, 2.75) is 46.3 Å². The van der Waals surface area contributed by atoms with E-state index in [4.69, 9.17) is 0 Å². The molecule has 6 nitrogen and oxygen atoms in total. The molecule has 0 fully saturated rings. The summed E-state index contributed by atoms with van der Waals surface area (Å²) < 4.78 is 0. The Morgan fingerprint density at radius 2 is 2.21 bits per heavy atom. The highest BCUT2D eigenvalue weighted by Gasteiger charge is 2.25. The Labute approximate surface area is 175 Å². The van der Waals surface area contributed by atoms with Crippen LogP contribution in [0.4, 0.5) is 0 Å². The van der Waals surface area contributed by atoms with Gasteiger partial charge >= 0.3 is 0 Å². The monoisotopic (exact) mass is 409 g/mol. The van der Waals surface area contributed by atoms with Gasteiger partial charge in [0.15, 0.2) is 0 Å². The van der Waals surface area contributed by atoms with Gasteiger partial charge in [-0.3, -0.25) is 19.8 Å². The maximum absolute atomic E-state index is 13.0. The van der Waals surface area contributed by atoms with Crippen molar-refractivity contribution in [1.82, 2.24) is 25.0 Å². The number of fused-ring (bicyclic) bond motifs is 1. The number of amides is 1. The van der Waals surface area contributed by atoms with Crippen molar-refractivity contribution >= 4 is 17.2 Å². The Kier molecular flexibility index (Phi) is 5.78. The summed E-state index contributed by atoms with van der Waals surface area (Å²) in [5.74, 6) is 0.0772. The van der Waals surface area contributed by atoms with Crippen molar-refractivity contribution in [2.75, 3.05) is 13.6 Å². The Hall–Kier alpha value is -2.51. The molecule has 0 saturated carbocycles. The van der Waals surface area contributed by atoms with Gasteiger partial charge in [0.25, 0.3) is 5.91 Å². The number of rotatable bonds is 6. The summed E-state index contributed by atoms with van der Waals surface area (Å²) in [7, 11) is 1.84. The third kappa shape index (κ3) is 4.41. The van der Waals surface area contributed by atoms with Gasteiger partial charge in [-0.25, -0.2) is 0 Å². The molecule has 4 heterocycles. The van der Waals surface area contributed by atoms with E-state index in [-0.39, 0.29) is 5.91 Å². The smallest absolute Gasteiger partial charge is 0.255 e. The van der Waals surface area contributed by atoms with Crippen LogP contribution in [-0.4, -0.2) is 44.5 Å². The first-order chi connectivity index (χ1) is 14.0. The summed E-state index contributed by atoms with van der Waals surface area (Å²) in [5.41, 5.74) is 6.33. The summed E-state index contributed by atoms with van der Waals surface area (Å²) in [5, 5.41) is 9.20. The lowest BCUT2D eigenvalue weighted by molar-refractivity contribution is 0.0782. The van der Waals surface area contributed by atoms with E-state index in [1.165, 1.54) is 16.0 Å². The number of aromatic amines is 1. The fraction of sp³-hybridized carbons (Fsp3) is 0.409. The van der Waals surface area contributed by atoms with Crippen molar-refractivity contribution in [3.05, 3.63) is 68.4 Å². The van der Waals surface area contributed by atoms with E-state index < -0.39 is 0 Å². The Balaban J connectivity index is 1.41. The highest BCUT2D eigenvalue weighted by molar-refractivity contribution is 7.10. The highest BCUT2D eigenvalue weighted by atomic mass is 32.1. The lowest BCUT2D eigenvalue weighted by Crippen LogP contribution is -2.32. The molecule has 7 heteroatoms. The second-order valence-corrected chi connectivity index (χ2v) is 8.69. The van der Waals surface area contributed by atoms with Crippen molar-refractivity contribution in [3.63, 3.8) is 0 Å². The number of H-pyrrole nitrogens is 1. The number of nitrogens with zero attached hydrogens (tertiary/aromatic N) is 4. The molecule has 0 aliphatic carbocycles. The maximum Gasteiger partial charge on any atom is 0.255 e. The van der Waals surface area contributed by atoms with Crippen LogP contribution in [0.3, 0.4) is 0 Å². The molecule has 1 aliphatic heterocycles. The van der Waals surface area contributed by atoms with Gasteiger partial charge in [-0.05, 0) is 43.0 Å². The van der Waals surface area contributed by atoms with Gasteiger partial charge < -0.3 is 4.90 Å². The van der Waals surface area contributed by atoms with Gasteiger partial charge in [0.2, 0.25) is 0 Å². The van der Waals surface area contributed by atoms with Crippen molar-refractivity contribution < 1.29 is 4.79 Å². The third-order valence-electron chi connectivity index (χ3n) is 5.44. The SMILES string of the molecule is CCc1ccc(CN2CCc3c(C(=O)N(C)Cc4cc(C)[nH]n4)csc3C2)nc1. The van der Waals surface area contributed by atoms with Gasteiger partial charge in [-0.1, -0.05) is 13.0 Å². The van der Waals surface area contributed by atoms with Crippen LogP contribution in [0, 0.1) is 6.92 Å². The highest BCUT2D eigenvalue weighted by Crippen LogP contribution is 2.30. The predicted octanol–water partition coefficient (Wildman–Crippen LogP) is 3.57. The minimum Gasteiger partial charge on any atom is -0.336 e. The molecule has 0 bridgehead atoms. The van der Waals surface area contributed by atoms with Gasteiger partial charge in [-0.15, -0.1) is 11.3 Å². The number of pyridine rings is 1. The molecule has 4 rings (SSSR count). The van der Waals surface area contributed by atoms with E-state index in [0.29, 0.717) is 6.54 Å². The van der Waals surface area contributed by atoms with Crippen LogP contribution >= 0.6 is 11.3 Å². The average molecular weight is 410 g/mol. The van der Waals surface area contributed by atoms with Gasteiger partial charge in [0.1, 0.15) is 0 Å².